The van der Waals surface area contributed by atoms with Gasteiger partial charge in [-0.05, 0) is 42.2 Å². The smallest absolute Gasteiger partial charge is 0.257 e. The molecule has 23 heavy (non-hydrogen) atoms. The summed E-state index contributed by atoms with van der Waals surface area (Å²) in [6.07, 6.45) is 3.52. The summed E-state index contributed by atoms with van der Waals surface area (Å²) in [5.74, 6) is -0.0584. The van der Waals surface area contributed by atoms with Crippen LogP contribution in [-0.2, 0) is 13.1 Å². The molecule has 0 saturated heterocycles. The molecule has 2 heterocycles. The van der Waals surface area contributed by atoms with Crippen LogP contribution in [0.2, 0.25) is 0 Å². The molecule has 1 atom stereocenters. The quantitative estimate of drug-likeness (QED) is 0.806. The molecule has 0 unspecified atom stereocenters. The van der Waals surface area contributed by atoms with Crippen LogP contribution < -0.4 is 0 Å². The standard InChI is InChI=1S/C17H25N3O2S/c1-4-7-19-10-16(13(3)18-19)17(22)20(15(5-2)11-21)9-14-6-8-23-12-14/h6,8,10,12,15,21H,4-5,7,9,11H2,1-3H3/t15-/m1/s1. The Morgan fingerprint density at radius 1 is 1.48 bits per heavy atom. The third-order valence-electron chi connectivity index (χ3n) is 3.95. The zero-order chi connectivity index (χ0) is 16.8. The van der Waals surface area contributed by atoms with Crippen molar-refractivity contribution in [3.05, 3.63) is 39.8 Å². The van der Waals surface area contributed by atoms with Gasteiger partial charge in [-0.15, -0.1) is 0 Å². The Morgan fingerprint density at radius 2 is 2.26 bits per heavy atom. The molecule has 0 aliphatic rings. The highest BCUT2D eigenvalue weighted by Gasteiger charge is 2.26. The third-order valence-corrected chi connectivity index (χ3v) is 4.68. The molecule has 5 nitrogen and oxygen atoms in total. The van der Waals surface area contributed by atoms with Gasteiger partial charge in [0.25, 0.3) is 5.91 Å². The fraction of sp³-hybridized carbons (Fsp3) is 0.529. The van der Waals surface area contributed by atoms with Crippen molar-refractivity contribution in [1.29, 1.82) is 0 Å². The number of amides is 1. The third kappa shape index (κ3) is 4.20. The van der Waals surface area contributed by atoms with E-state index >= 15 is 0 Å². The maximum absolute atomic E-state index is 13.0. The van der Waals surface area contributed by atoms with Gasteiger partial charge in [-0.2, -0.15) is 16.4 Å². The first kappa shape index (κ1) is 17.7. The summed E-state index contributed by atoms with van der Waals surface area (Å²) in [6, 6.07) is 1.83. The number of aryl methyl sites for hydroxylation is 2. The molecular weight excluding hydrogens is 310 g/mol. The number of rotatable bonds is 8. The molecule has 0 aliphatic heterocycles. The number of aliphatic hydroxyl groups excluding tert-OH is 1. The van der Waals surface area contributed by atoms with Crippen LogP contribution in [-0.4, -0.2) is 38.3 Å². The van der Waals surface area contributed by atoms with E-state index in [4.69, 9.17) is 0 Å². The van der Waals surface area contributed by atoms with Crippen molar-refractivity contribution in [1.82, 2.24) is 14.7 Å². The van der Waals surface area contributed by atoms with E-state index in [-0.39, 0.29) is 18.6 Å². The lowest BCUT2D eigenvalue weighted by Gasteiger charge is -2.29. The second-order valence-electron chi connectivity index (χ2n) is 5.70. The Bertz CT molecular complexity index is 618. The van der Waals surface area contributed by atoms with Crippen LogP contribution in [0.1, 0.15) is 48.3 Å². The van der Waals surface area contributed by atoms with Crippen molar-refractivity contribution in [3.8, 4) is 0 Å². The van der Waals surface area contributed by atoms with E-state index in [1.165, 1.54) is 0 Å². The van der Waals surface area contributed by atoms with Gasteiger partial charge in [-0.1, -0.05) is 13.8 Å². The van der Waals surface area contributed by atoms with E-state index in [0.29, 0.717) is 18.5 Å². The monoisotopic (exact) mass is 335 g/mol. The first-order valence-electron chi connectivity index (χ1n) is 8.07. The van der Waals surface area contributed by atoms with Gasteiger partial charge in [-0.3, -0.25) is 9.48 Å². The minimum absolute atomic E-state index is 0.0332. The number of aromatic nitrogens is 2. The van der Waals surface area contributed by atoms with Gasteiger partial charge >= 0.3 is 0 Å². The maximum Gasteiger partial charge on any atom is 0.257 e. The number of carbonyl (C=O) groups is 1. The molecule has 0 fully saturated rings. The molecular formula is C17H25N3O2S. The molecule has 0 spiro atoms. The summed E-state index contributed by atoms with van der Waals surface area (Å²) in [5.41, 5.74) is 2.46. The van der Waals surface area contributed by atoms with Gasteiger partial charge in [0.15, 0.2) is 0 Å². The number of nitrogens with zero attached hydrogens (tertiary/aromatic N) is 3. The summed E-state index contributed by atoms with van der Waals surface area (Å²) < 4.78 is 1.82. The van der Waals surface area contributed by atoms with E-state index in [1.807, 2.05) is 41.6 Å². The Balaban J connectivity index is 2.28. The Morgan fingerprint density at radius 3 is 2.83 bits per heavy atom. The molecule has 0 aliphatic carbocycles. The van der Waals surface area contributed by atoms with E-state index < -0.39 is 0 Å². The predicted octanol–water partition coefficient (Wildman–Crippen LogP) is 3.08. The van der Waals surface area contributed by atoms with E-state index in [9.17, 15) is 9.90 Å². The summed E-state index contributed by atoms with van der Waals surface area (Å²) in [6.45, 7) is 7.22. The highest BCUT2D eigenvalue weighted by atomic mass is 32.1. The van der Waals surface area contributed by atoms with Gasteiger partial charge in [0, 0.05) is 19.3 Å². The molecule has 2 rings (SSSR count). The number of aliphatic hydroxyl groups is 1. The van der Waals surface area contributed by atoms with Crippen molar-refractivity contribution < 1.29 is 9.90 Å². The average molecular weight is 335 g/mol. The molecule has 1 amide bonds. The van der Waals surface area contributed by atoms with Crippen molar-refractivity contribution in [2.75, 3.05) is 6.61 Å². The van der Waals surface area contributed by atoms with Gasteiger partial charge < -0.3 is 10.0 Å². The van der Waals surface area contributed by atoms with E-state index in [1.54, 1.807) is 16.2 Å². The highest BCUT2D eigenvalue weighted by Crippen LogP contribution is 2.18. The number of hydrogen-bond acceptors (Lipinski definition) is 4. The van der Waals surface area contributed by atoms with Crippen molar-refractivity contribution in [3.63, 3.8) is 0 Å². The molecule has 126 valence electrons. The van der Waals surface area contributed by atoms with E-state index in [2.05, 4.69) is 12.0 Å². The first-order chi connectivity index (χ1) is 11.1. The van der Waals surface area contributed by atoms with Crippen LogP contribution in [0.4, 0.5) is 0 Å². The van der Waals surface area contributed by atoms with Crippen LogP contribution in [0.15, 0.2) is 23.0 Å². The van der Waals surface area contributed by atoms with E-state index in [0.717, 1.165) is 24.2 Å². The fourth-order valence-electron chi connectivity index (χ4n) is 2.62. The summed E-state index contributed by atoms with van der Waals surface area (Å²) in [5, 5.41) is 18.1. The first-order valence-corrected chi connectivity index (χ1v) is 9.01. The molecule has 0 bridgehead atoms. The minimum Gasteiger partial charge on any atom is -0.394 e. The fourth-order valence-corrected chi connectivity index (χ4v) is 3.28. The predicted molar refractivity (Wildman–Crippen MR) is 92.6 cm³/mol. The molecule has 0 saturated carbocycles. The van der Waals surface area contributed by atoms with Crippen LogP contribution in [0.3, 0.4) is 0 Å². The number of carbonyl (C=O) groups excluding carboxylic acids is 1. The Kier molecular flexibility index (Phi) is 6.36. The van der Waals surface area contributed by atoms with Crippen LogP contribution in [0.25, 0.3) is 0 Å². The largest absolute Gasteiger partial charge is 0.394 e. The highest BCUT2D eigenvalue weighted by molar-refractivity contribution is 7.07. The van der Waals surface area contributed by atoms with Crippen LogP contribution in [0.5, 0.6) is 0 Å². The second kappa shape index (κ2) is 8.26. The lowest BCUT2D eigenvalue weighted by molar-refractivity contribution is 0.0563. The zero-order valence-corrected chi connectivity index (χ0v) is 14.8. The zero-order valence-electron chi connectivity index (χ0n) is 14.0. The van der Waals surface area contributed by atoms with Crippen molar-refractivity contribution in [2.45, 2.75) is 52.7 Å². The minimum atomic E-state index is -0.184. The van der Waals surface area contributed by atoms with Crippen molar-refractivity contribution >= 4 is 17.2 Å². The van der Waals surface area contributed by atoms with Gasteiger partial charge in [0.1, 0.15) is 0 Å². The second-order valence-corrected chi connectivity index (χ2v) is 6.48. The molecule has 1 N–H and O–H groups in total. The van der Waals surface area contributed by atoms with Gasteiger partial charge in [0.05, 0.1) is 23.9 Å². The number of hydrogen-bond donors (Lipinski definition) is 1. The van der Waals surface area contributed by atoms with Crippen LogP contribution in [0, 0.1) is 6.92 Å². The molecule has 2 aromatic rings. The van der Waals surface area contributed by atoms with Gasteiger partial charge in [-0.25, -0.2) is 0 Å². The van der Waals surface area contributed by atoms with Crippen molar-refractivity contribution in [2.24, 2.45) is 0 Å². The summed E-state index contributed by atoms with van der Waals surface area (Å²) in [7, 11) is 0. The average Bonchev–Trinajstić information content (AvgIpc) is 3.17. The lowest BCUT2D eigenvalue weighted by Crippen LogP contribution is -2.41. The van der Waals surface area contributed by atoms with Crippen LogP contribution >= 0.6 is 11.3 Å². The molecule has 6 heteroatoms. The maximum atomic E-state index is 13.0. The Hall–Kier alpha value is -1.66. The molecule has 0 aromatic carbocycles. The number of thiophene rings is 1. The topological polar surface area (TPSA) is 58.4 Å². The SMILES string of the molecule is CCCn1cc(C(=O)N(Cc2ccsc2)[C@H](CC)CO)c(C)n1. The van der Waals surface area contributed by atoms with Gasteiger partial charge in [0.2, 0.25) is 0 Å². The molecule has 0 radical (unpaired) electrons. The molecule has 2 aromatic heterocycles. The normalized spacial score (nSPS) is 12.3. The lowest BCUT2D eigenvalue weighted by atomic mass is 10.1. The Labute approximate surface area is 141 Å². The summed E-state index contributed by atoms with van der Waals surface area (Å²) in [4.78, 5) is 14.8. The summed E-state index contributed by atoms with van der Waals surface area (Å²) >= 11 is 1.61.